The third-order valence-corrected chi connectivity index (χ3v) is 3.13. The van der Waals surface area contributed by atoms with E-state index in [9.17, 15) is 0 Å². The molecule has 0 spiro atoms. The molecule has 0 aromatic carbocycles. The molecule has 0 saturated heterocycles. The van der Waals surface area contributed by atoms with E-state index in [1.165, 1.54) is 19.3 Å². The summed E-state index contributed by atoms with van der Waals surface area (Å²) < 4.78 is 5.77. The minimum absolute atomic E-state index is 0.513. The summed E-state index contributed by atoms with van der Waals surface area (Å²) in [6.45, 7) is 7.53. The van der Waals surface area contributed by atoms with Crippen molar-refractivity contribution in [2.75, 3.05) is 6.61 Å². The predicted octanol–water partition coefficient (Wildman–Crippen LogP) is 3.12. The Morgan fingerprint density at radius 2 is 2.00 bits per heavy atom. The fourth-order valence-corrected chi connectivity index (χ4v) is 1.82. The number of unbranched alkanes of at least 4 members (excludes halogenated alkanes) is 3. The molecule has 0 aliphatic rings. The molecule has 3 heteroatoms. The molecule has 0 unspecified atom stereocenters. The molecule has 0 saturated carbocycles. The van der Waals surface area contributed by atoms with Crippen molar-refractivity contribution in [1.82, 2.24) is 4.98 Å². The number of ether oxygens (including phenoxy) is 1. The van der Waals surface area contributed by atoms with Gasteiger partial charge in [-0.3, -0.25) is 4.98 Å². The minimum atomic E-state index is 0.513. The van der Waals surface area contributed by atoms with E-state index in [0.29, 0.717) is 6.54 Å². The molecule has 2 N–H and O–H groups in total. The number of hydrogen-bond acceptors (Lipinski definition) is 3. The van der Waals surface area contributed by atoms with Crippen molar-refractivity contribution in [1.29, 1.82) is 0 Å². The quantitative estimate of drug-likeness (QED) is 0.740. The highest BCUT2D eigenvalue weighted by Gasteiger charge is 2.08. The zero-order valence-electron chi connectivity index (χ0n) is 11.3. The van der Waals surface area contributed by atoms with Gasteiger partial charge in [0.25, 0.3) is 0 Å². The fourth-order valence-electron chi connectivity index (χ4n) is 1.82. The van der Waals surface area contributed by atoms with Gasteiger partial charge in [-0.15, -0.1) is 0 Å². The van der Waals surface area contributed by atoms with Crippen LogP contribution in [0.25, 0.3) is 0 Å². The number of pyridine rings is 1. The summed E-state index contributed by atoms with van der Waals surface area (Å²) >= 11 is 0. The lowest BCUT2D eigenvalue weighted by Crippen LogP contribution is -2.07. The normalized spacial score (nSPS) is 10.6. The van der Waals surface area contributed by atoms with Crippen LogP contribution in [0.5, 0.6) is 5.75 Å². The second-order valence-electron chi connectivity index (χ2n) is 4.42. The highest BCUT2D eigenvalue weighted by molar-refractivity contribution is 5.39. The van der Waals surface area contributed by atoms with Crippen LogP contribution in [-0.2, 0) is 6.54 Å². The van der Waals surface area contributed by atoms with Crippen molar-refractivity contribution in [3.8, 4) is 5.75 Å². The predicted molar refractivity (Wildman–Crippen MR) is 71.2 cm³/mol. The molecule has 0 radical (unpaired) electrons. The number of hydrogen-bond donors (Lipinski definition) is 1. The van der Waals surface area contributed by atoms with Gasteiger partial charge in [0, 0.05) is 17.8 Å². The van der Waals surface area contributed by atoms with Gasteiger partial charge >= 0.3 is 0 Å². The van der Waals surface area contributed by atoms with Crippen LogP contribution in [0.4, 0.5) is 0 Å². The average molecular weight is 236 g/mol. The van der Waals surface area contributed by atoms with Crippen molar-refractivity contribution in [3.05, 3.63) is 23.0 Å². The topological polar surface area (TPSA) is 48.1 Å². The zero-order chi connectivity index (χ0) is 12.7. The second-order valence-corrected chi connectivity index (χ2v) is 4.42. The molecule has 1 rings (SSSR count). The summed E-state index contributed by atoms with van der Waals surface area (Å²) in [6.07, 6.45) is 6.65. The molecule has 0 aliphatic carbocycles. The molecule has 1 heterocycles. The van der Waals surface area contributed by atoms with Gasteiger partial charge in [0.05, 0.1) is 12.8 Å². The fraction of sp³-hybridized carbons (Fsp3) is 0.643. The van der Waals surface area contributed by atoms with Gasteiger partial charge in [-0.1, -0.05) is 26.2 Å². The van der Waals surface area contributed by atoms with E-state index in [0.717, 1.165) is 35.6 Å². The molecular weight excluding hydrogens is 212 g/mol. The first-order chi connectivity index (χ1) is 8.20. The van der Waals surface area contributed by atoms with Gasteiger partial charge in [-0.05, 0) is 25.8 Å². The highest BCUT2D eigenvalue weighted by atomic mass is 16.5. The van der Waals surface area contributed by atoms with Crippen molar-refractivity contribution in [2.45, 2.75) is 53.0 Å². The molecule has 3 nitrogen and oxygen atoms in total. The van der Waals surface area contributed by atoms with Crippen molar-refractivity contribution < 1.29 is 4.74 Å². The number of aryl methyl sites for hydroxylation is 1. The SMILES string of the molecule is CCCCCCOc1cnc(C)c(C)c1CN. The maximum absolute atomic E-state index is 5.77. The first kappa shape index (κ1) is 14.0. The van der Waals surface area contributed by atoms with Crippen molar-refractivity contribution in [2.24, 2.45) is 5.73 Å². The van der Waals surface area contributed by atoms with Crippen LogP contribution in [-0.4, -0.2) is 11.6 Å². The van der Waals surface area contributed by atoms with Crippen LogP contribution in [0.1, 0.15) is 49.4 Å². The van der Waals surface area contributed by atoms with E-state index < -0.39 is 0 Å². The van der Waals surface area contributed by atoms with E-state index in [1.807, 2.05) is 6.92 Å². The lowest BCUT2D eigenvalue weighted by molar-refractivity contribution is 0.300. The molecule has 96 valence electrons. The summed E-state index contributed by atoms with van der Waals surface area (Å²) in [7, 11) is 0. The Labute approximate surface area is 104 Å². The lowest BCUT2D eigenvalue weighted by Gasteiger charge is -2.13. The van der Waals surface area contributed by atoms with Gasteiger partial charge in [0.1, 0.15) is 5.75 Å². The number of nitrogens with two attached hydrogens (primary N) is 1. The summed E-state index contributed by atoms with van der Waals surface area (Å²) in [6, 6.07) is 0. The van der Waals surface area contributed by atoms with Crippen LogP contribution < -0.4 is 10.5 Å². The van der Waals surface area contributed by atoms with Crippen molar-refractivity contribution in [3.63, 3.8) is 0 Å². The Balaban J connectivity index is 2.56. The summed E-state index contributed by atoms with van der Waals surface area (Å²) in [5.41, 5.74) is 9.04. The Bertz CT molecular complexity index is 350. The Hall–Kier alpha value is -1.09. The Kier molecular flexibility index (Phi) is 5.98. The first-order valence-electron chi connectivity index (χ1n) is 6.48. The molecule has 0 atom stereocenters. The van der Waals surface area contributed by atoms with Crippen LogP contribution in [0, 0.1) is 13.8 Å². The average Bonchev–Trinajstić information content (AvgIpc) is 2.33. The standard InChI is InChI=1S/C14H24N2O/c1-4-5-6-7-8-17-14-10-16-12(3)11(2)13(14)9-15/h10H,4-9,15H2,1-3H3. The van der Waals surface area contributed by atoms with Gasteiger partial charge in [-0.25, -0.2) is 0 Å². The van der Waals surface area contributed by atoms with Crippen LogP contribution in [0.3, 0.4) is 0 Å². The Morgan fingerprint density at radius 1 is 1.24 bits per heavy atom. The Morgan fingerprint density at radius 3 is 2.65 bits per heavy atom. The van der Waals surface area contributed by atoms with E-state index in [2.05, 4.69) is 18.8 Å². The molecule has 0 fully saturated rings. The molecule has 0 aliphatic heterocycles. The second kappa shape index (κ2) is 7.28. The maximum atomic E-state index is 5.77. The molecule has 0 amide bonds. The van der Waals surface area contributed by atoms with Crippen LogP contribution in [0.2, 0.25) is 0 Å². The van der Waals surface area contributed by atoms with Crippen LogP contribution in [0.15, 0.2) is 6.20 Å². The molecular formula is C14H24N2O. The number of aromatic nitrogens is 1. The van der Waals surface area contributed by atoms with E-state index in [1.54, 1.807) is 6.20 Å². The van der Waals surface area contributed by atoms with Gasteiger partial charge < -0.3 is 10.5 Å². The maximum Gasteiger partial charge on any atom is 0.142 e. The van der Waals surface area contributed by atoms with E-state index in [4.69, 9.17) is 10.5 Å². The van der Waals surface area contributed by atoms with E-state index >= 15 is 0 Å². The lowest BCUT2D eigenvalue weighted by atomic mass is 10.1. The third kappa shape index (κ3) is 4.00. The monoisotopic (exact) mass is 236 g/mol. The highest BCUT2D eigenvalue weighted by Crippen LogP contribution is 2.22. The molecule has 1 aromatic heterocycles. The minimum Gasteiger partial charge on any atom is -0.492 e. The van der Waals surface area contributed by atoms with Gasteiger partial charge in [-0.2, -0.15) is 0 Å². The van der Waals surface area contributed by atoms with Gasteiger partial charge in [0.2, 0.25) is 0 Å². The first-order valence-corrected chi connectivity index (χ1v) is 6.48. The van der Waals surface area contributed by atoms with E-state index in [-0.39, 0.29) is 0 Å². The largest absolute Gasteiger partial charge is 0.492 e. The third-order valence-electron chi connectivity index (χ3n) is 3.13. The molecule has 0 bridgehead atoms. The number of nitrogens with zero attached hydrogens (tertiary/aromatic N) is 1. The smallest absolute Gasteiger partial charge is 0.142 e. The van der Waals surface area contributed by atoms with Crippen molar-refractivity contribution >= 4 is 0 Å². The molecule has 17 heavy (non-hydrogen) atoms. The number of rotatable bonds is 7. The van der Waals surface area contributed by atoms with Crippen LogP contribution >= 0.6 is 0 Å². The zero-order valence-corrected chi connectivity index (χ0v) is 11.3. The van der Waals surface area contributed by atoms with Gasteiger partial charge in [0.15, 0.2) is 0 Å². The summed E-state index contributed by atoms with van der Waals surface area (Å²) in [4.78, 5) is 4.32. The molecule has 1 aromatic rings. The summed E-state index contributed by atoms with van der Waals surface area (Å²) in [5.74, 6) is 0.854. The summed E-state index contributed by atoms with van der Waals surface area (Å²) in [5, 5.41) is 0.